The van der Waals surface area contributed by atoms with Gasteiger partial charge in [0.05, 0.1) is 0 Å². The fourth-order valence-corrected chi connectivity index (χ4v) is 3.65. The van der Waals surface area contributed by atoms with E-state index in [1.165, 1.54) is 12.8 Å². The first-order valence-corrected chi connectivity index (χ1v) is 7.41. The summed E-state index contributed by atoms with van der Waals surface area (Å²) in [4.78, 5) is 14.1. The van der Waals surface area contributed by atoms with Gasteiger partial charge in [-0.3, -0.25) is 0 Å². The van der Waals surface area contributed by atoms with E-state index < -0.39 is 0 Å². The molecule has 0 aromatic heterocycles. The molecule has 5 heteroatoms. The maximum atomic E-state index is 12.2. The van der Waals surface area contributed by atoms with E-state index in [4.69, 9.17) is 4.74 Å². The summed E-state index contributed by atoms with van der Waals surface area (Å²) in [6.07, 6.45) is 2.28. The first-order chi connectivity index (χ1) is 9.78. The Morgan fingerprint density at radius 3 is 2.43 bits per heavy atom. The topological polar surface area (TPSA) is 41.6 Å². The van der Waals surface area contributed by atoms with Gasteiger partial charge in [-0.1, -0.05) is 30.3 Å². The van der Waals surface area contributed by atoms with Crippen molar-refractivity contribution in [2.75, 3.05) is 20.1 Å². The minimum Gasteiger partial charge on any atom is -0.445 e. The molecule has 1 amide bonds. The zero-order valence-corrected chi connectivity index (χ0v) is 13.1. The average molecular weight is 311 g/mol. The van der Waals surface area contributed by atoms with Gasteiger partial charge in [-0.15, -0.1) is 12.4 Å². The summed E-state index contributed by atoms with van der Waals surface area (Å²) in [6.45, 7) is 2.02. The number of hydrogen-bond donors (Lipinski definition) is 1. The van der Waals surface area contributed by atoms with Crippen molar-refractivity contribution in [2.24, 2.45) is 11.8 Å². The fraction of sp³-hybridized carbons (Fsp3) is 0.562. The molecule has 1 heterocycles. The zero-order chi connectivity index (χ0) is 13.9. The molecule has 1 unspecified atom stereocenters. The number of rotatable bonds is 3. The van der Waals surface area contributed by atoms with E-state index in [-0.39, 0.29) is 18.5 Å². The Morgan fingerprint density at radius 1 is 1.24 bits per heavy atom. The maximum absolute atomic E-state index is 12.2. The van der Waals surface area contributed by atoms with Gasteiger partial charge in [-0.05, 0) is 37.3 Å². The van der Waals surface area contributed by atoms with Gasteiger partial charge in [-0.2, -0.15) is 0 Å². The molecule has 0 spiro atoms. The van der Waals surface area contributed by atoms with Crippen LogP contribution in [0.25, 0.3) is 0 Å². The van der Waals surface area contributed by atoms with Crippen LogP contribution in [-0.4, -0.2) is 37.2 Å². The molecule has 2 fully saturated rings. The summed E-state index contributed by atoms with van der Waals surface area (Å²) >= 11 is 0. The Balaban J connectivity index is 0.00000161. The Hall–Kier alpha value is -1.26. The first-order valence-electron chi connectivity index (χ1n) is 7.41. The number of amides is 1. The van der Waals surface area contributed by atoms with E-state index in [2.05, 4.69) is 5.32 Å². The number of carbonyl (C=O) groups excluding carboxylic acids is 1. The molecule has 3 atom stereocenters. The molecule has 1 N–H and O–H groups in total. The minimum absolute atomic E-state index is 0. The number of nitrogens with one attached hydrogen (secondary N) is 1. The first kappa shape index (κ1) is 16.1. The second kappa shape index (κ2) is 7.14. The lowest BCUT2D eigenvalue weighted by atomic mass is 9.93. The number of benzene rings is 1. The van der Waals surface area contributed by atoms with Crippen LogP contribution in [0.2, 0.25) is 0 Å². The predicted molar refractivity (Wildman–Crippen MR) is 84.5 cm³/mol. The lowest BCUT2D eigenvalue weighted by Gasteiger charge is -2.37. The van der Waals surface area contributed by atoms with Crippen LogP contribution in [-0.2, 0) is 11.3 Å². The zero-order valence-electron chi connectivity index (χ0n) is 12.3. The number of ether oxygens (including phenoxy) is 1. The Morgan fingerprint density at radius 2 is 1.86 bits per heavy atom. The molecule has 1 aromatic carbocycles. The molecule has 21 heavy (non-hydrogen) atoms. The number of carbonyl (C=O) groups is 1. The van der Waals surface area contributed by atoms with Crippen LogP contribution < -0.4 is 5.32 Å². The Bertz CT molecular complexity index is 455. The second-order valence-electron chi connectivity index (χ2n) is 5.86. The summed E-state index contributed by atoms with van der Waals surface area (Å²) in [5, 5.41) is 3.40. The number of hydrogen-bond acceptors (Lipinski definition) is 3. The minimum atomic E-state index is -0.166. The third-order valence-corrected chi connectivity index (χ3v) is 4.63. The van der Waals surface area contributed by atoms with Gasteiger partial charge in [0.25, 0.3) is 0 Å². The number of halogens is 1. The molecule has 1 saturated carbocycles. The van der Waals surface area contributed by atoms with E-state index in [0.717, 1.165) is 18.7 Å². The smallest absolute Gasteiger partial charge is 0.410 e. The molecular weight excluding hydrogens is 288 g/mol. The molecule has 116 valence electrons. The van der Waals surface area contributed by atoms with Crippen molar-refractivity contribution in [2.45, 2.75) is 25.5 Å². The molecule has 3 rings (SSSR count). The van der Waals surface area contributed by atoms with E-state index >= 15 is 0 Å². The Labute approximate surface area is 132 Å². The summed E-state index contributed by atoms with van der Waals surface area (Å²) in [6, 6.07) is 10.4. The van der Waals surface area contributed by atoms with Gasteiger partial charge in [0.15, 0.2) is 0 Å². The van der Waals surface area contributed by atoms with Crippen LogP contribution in [0.5, 0.6) is 0 Å². The average Bonchev–Trinajstić information content (AvgIpc) is 2.74. The van der Waals surface area contributed by atoms with Crippen LogP contribution in [0.3, 0.4) is 0 Å². The van der Waals surface area contributed by atoms with Crippen LogP contribution in [0, 0.1) is 11.8 Å². The van der Waals surface area contributed by atoms with Gasteiger partial charge in [0.1, 0.15) is 6.61 Å². The summed E-state index contributed by atoms with van der Waals surface area (Å²) in [7, 11) is 2.03. The fourth-order valence-electron chi connectivity index (χ4n) is 3.65. The molecule has 1 aliphatic heterocycles. The quantitative estimate of drug-likeness (QED) is 0.933. The molecule has 2 aliphatic rings. The standard InChI is InChI=1S/C16H22N2O2.ClH/c1-17-15-13-7-8-14(15)10-18(9-13)16(19)20-11-12-5-3-2-4-6-12;/h2-6,13-15,17H,7-11H2,1H3;1H/t13-,14+,15?;. The van der Waals surface area contributed by atoms with Gasteiger partial charge in [-0.25, -0.2) is 4.79 Å². The second-order valence-corrected chi connectivity index (χ2v) is 5.86. The van der Waals surface area contributed by atoms with Crippen molar-refractivity contribution in [1.29, 1.82) is 0 Å². The molecule has 4 nitrogen and oxygen atoms in total. The number of fused-ring (bicyclic) bond motifs is 2. The van der Waals surface area contributed by atoms with Crippen LogP contribution in [0.1, 0.15) is 18.4 Å². The highest BCUT2D eigenvalue weighted by Crippen LogP contribution is 2.36. The van der Waals surface area contributed by atoms with Crippen LogP contribution in [0.4, 0.5) is 4.79 Å². The van der Waals surface area contributed by atoms with Crippen molar-refractivity contribution in [3.8, 4) is 0 Å². The van der Waals surface area contributed by atoms with Crippen molar-refractivity contribution in [3.05, 3.63) is 35.9 Å². The van der Waals surface area contributed by atoms with Crippen molar-refractivity contribution < 1.29 is 9.53 Å². The molecule has 1 saturated heterocycles. The number of piperidine rings is 1. The number of nitrogens with zero attached hydrogens (tertiary/aromatic N) is 1. The summed E-state index contributed by atoms with van der Waals surface area (Å²) < 4.78 is 5.43. The number of likely N-dealkylation sites (tertiary alicyclic amines) is 1. The van der Waals surface area contributed by atoms with Gasteiger partial charge < -0.3 is 15.0 Å². The molecule has 2 bridgehead atoms. The van der Waals surface area contributed by atoms with Gasteiger partial charge in [0.2, 0.25) is 0 Å². The van der Waals surface area contributed by atoms with E-state index in [9.17, 15) is 4.79 Å². The van der Waals surface area contributed by atoms with Gasteiger partial charge >= 0.3 is 6.09 Å². The van der Waals surface area contributed by atoms with Crippen molar-refractivity contribution >= 4 is 18.5 Å². The third kappa shape index (κ3) is 3.50. The largest absolute Gasteiger partial charge is 0.445 e. The van der Waals surface area contributed by atoms with Crippen LogP contribution in [0.15, 0.2) is 30.3 Å². The summed E-state index contributed by atoms with van der Waals surface area (Å²) in [5.74, 6) is 1.17. The van der Waals surface area contributed by atoms with Crippen LogP contribution >= 0.6 is 12.4 Å². The lowest BCUT2D eigenvalue weighted by molar-refractivity contribution is 0.0685. The highest BCUT2D eigenvalue weighted by atomic mass is 35.5. The molecule has 0 radical (unpaired) electrons. The molecule has 1 aromatic rings. The monoisotopic (exact) mass is 310 g/mol. The lowest BCUT2D eigenvalue weighted by Crippen LogP contribution is -2.51. The maximum Gasteiger partial charge on any atom is 0.410 e. The predicted octanol–water partition coefficient (Wildman–Crippen LogP) is 2.67. The van der Waals surface area contributed by atoms with Crippen molar-refractivity contribution in [3.63, 3.8) is 0 Å². The highest BCUT2D eigenvalue weighted by molar-refractivity contribution is 5.85. The highest BCUT2D eigenvalue weighted by Gasteiger charge is 2.42. The van der Waals surface area contributed by atoms with Crippen molar-refractivity contribution in [1.82, 2.24) is 10.2 Å². The molecule has 1 aliphatic carbocycles. The van der Waals surface area contributed by atoms with Gasteiger partial charge in [0, 0.05) is 19.1 Å². The third-order valence-electron chi connectivity index (χ3n) is 4.63. The summed E-state index contributed by atoms with van der Waals surface area (Å²) in [5.41, 5.74) is 1.04. The SMILES string of the molecule is CNC1[C@@H]2CC[C@H]1CN(C(=O)OCc1ccccc1)C2.Cl. The normalized spacial score (nSPS) is 27.1. The molecular formula is C16H23ClN2O2. The Kier molecular flexibility index (Phi) is 5.48. The van der Waals surface area contributed by atoms with E-state index in [0.29, 0.717) is 24.5 Å². The van der Waals surface area contributed by atoms with E-state index in [1.807, 2.05) is 42.3 Å². The van der Waals surface area contributed by atoms with E-state index in [1.54, 1.807) is 0 Å².